The largest absolute Gasteiger partial charge is 0.311 e. The van der Waals surface area contributed by atoms with Crippen LogP contribution in [0.4, 0.5) is 17.1 Å². The summed E-state index contributed by atoms with van der Waals surface area (Å²) in [5.41, 5.74) is -2.19. The maximum atomic E-state index is 9.50. The molecule has 0 aliphatic heterocycles. The molecule has 9 aromatic rings. The van der Waals surface area contributed by atoms with Crippen molar-refractivity contribution >= 4 is 27.8 Å². The van der Waals surface area contributed by atoms with Crippen molar-refractivity contribution in [1.82, 2.24) is 0 Å². The van der Waals surface area contributed by atoms with Crippen LogP contribution in [0, 0.1) is 0 Å². The molecule has 1 heteroatoms. The zero-order valence-corrected chi connectivity index (χ0v) is 27.6. The minimum Gasteiger partial charge on any atom is -0.311 e. The molecule has 0 fully saturated rings. The van der Waals surface area contributed by atoms with Crippen molar-refractivity contribution < 1.29 is 30.2 Å². The van der Waals surface area contributed by atoms with Crippen LogP contribution in [-0.4, -0.2) is 0 Å². The molecule has 53 heavy (non-hydrogen) atoms. The van der Waals surface area contributed by atoms with E-state index in [0.717, 1.165) is 32.4 Å². The Morgan fingerprint density at radius 1 is 0.264 bits per heavy atom. The second-order valence-electron chi connectivity index (χ2n) is 11.7. The van der Waals surface area contributed by atoms with Crippen LogP contribution >= 0.6 is 0 Å². The fourth-order valence-corrected chi connectivity index (χ4v) is 5.82. The maximum Gasteiger partial charge on any atom is 0.0645 e. The highest BCUT2D eigenvalue weighted by molar-refractivity contribution is 5.88. The van der Waals surface area contributed by atoms with Crippen molar-refractivity contribution in [2.24, 2.45) is 0 Å². The first-order chi connectivity index (χ1) is 35.4. The van der Waals surface area contributed by atoms with E-state index < -0.39 is 178 Å². The van der Waals surface area contributed by atoms with Crippen LogP contribution in [-0.2, 0) is 0 Å². The molecule has 0 aliphatic rings. The third-order valence-electron chi connectivity index (χ3n) is 8.45. The van der Waals surface area contributed by atoms with Crippen LogP contribution < -0.4 is 4.90 Å². The van der Waals surface area contributed by atoms with Crippen LogP contribution in [0.15, 0.2) is 224 Å². The van der Waals surface area contributed by atoms with Gasteiger partial charge in [-0.2, -0.15) is 0 Å². The lowest BCUT2D eigenvalue weighted by atomic mass is 9.97. The smallest absolute Gasteiger partial charge is 0.0645 e. The van der Waals surface area contributed by atoms with E-state index in [2.05, 4.69) is 6.07 Å². The summed E-state index contributed by atoms with van der Waals surface area (Å²) >= 11 is 0. The molecule has 0 unspecified atom stereocenters. The van der Waals surface area contributed by atoms with Crippen molar-refractivity contribution in [2.75, 3.05) is 4.90 Å². The highest BCUT2D eigenvalue weighted by Gasteiger charge is 2.14. The van der Waals surface area contributed by atoms with Gasteiger partial charge in [0.2, 0.25) is 0 Å². The number of anilines is 3. The lowest BCUT2D eigenvalue weighted by Gasteiger charge is -2.26. The Morgan fingerprint density at radius 3 is 1.21 bits per heavy atom. The van der Waals surface area contributed by atoms with Gasteiger partial charge in [0.15, 0.2) is 0 Å². The molecule has 1 nitrogen and oxygen atoms in total. The van der Waals surface area contributed by atoms with Gasteiger partial charge in [-0.3, -0.25) is 0 Å². The van der Waals surface area contributed by atoms with Gasteiger partial charge in [-0.25, -0.2) is 0 Å². The molecule has 9 rings (SSSR count). The van der Waals surface area contributed by atoms with Crippen LogP contribution in [0.5, 0.6) is 0 Å². The number of rotatable bonds is 8. The standard InChI is InChI=1S/C52H37N/c1-3-10-38(11-4-1)41-18-20-42(21-19-41)44-26-32-51(33-27-44)53(50-30-24-43(25-31-50)39-12-5-2-6-13-39)52-34-28-45(29-35-52)47-16-9-17-48(36-47)49-23-22-40-14-7-8-15-46(40)37-49/h1-37H/i1D,2D,3D,4D,5D,6D,10D,11D,12D,13D,18D,19D,20D,21D,24D,25D,26D,27D,30D,31D,32D,33D. The summed E-state index contributed by atoms with van der Waals surface area (Å²) in [5.74, 6) is 0. The van der Waals surface area contributed by atoms with Crippen molar-refractivity contribution in [1.29, 1.82) is 0 Å². The summed E-state index contributed by atoms with van der Waals surface area (Å²) in [6, 6.07) is 8.91. The van der Waals surface area contributed by atoms with Gasteiger partial charge < -0.3 is 4.90 Å². The van der Waals surface area contributed by atoms with E-state index in [1.165, 1.54) is 12.1 Å². The molecule has 0 radical (unpaired) electrons. The highest BCUT2D eigenvalue weighted by atomic mass is 15.1. The summed E-state index contributed by atoms with van der Waals surface area (Å²) in [4.78, 5) is 0.947. The SMILES string of the molecule is [2H]c1c([2H])c([2H])c(-c2c([2H])c([2H])c(-c3c([2H])c([2H])c(N(c4ccc(-c5cccc(-c6ccc7ccccc7c6)c5)cc4)c4c([2H])c([2H])c(-c5c([2H])c([2H])c([2H])c([2H])c5[2H])c([2H])c4[2H])c([2H])c3[2H])c([2H])c2[2H])c([2H])c1[2H]. The zero-order valence-electron chi connectivity index (χ0n) is 49.6. The fraction of sp³-hybridized carbons (Fsp3) is 0. The van der Waals surface area contributed by atoms with E-state index in [1.807, 2.05) is 60.7 Å². The number of fused-ring (bicyclic) bond motifs is 1. The van der Waals surface area contributed by atoms with Gasteiger partial charge in [-0.15, -0.1) is 0 Å². The Hall–Kier alpha value is -6.96. The van der Waals surface area contributed by atoms with Gasteiger partial charge in [0.05, 0.1) is 30.2 Å². The molecule has 0 saturated carbocycles. The third-order valence-corrected chi connectivity index (χ3v) is 8.45. The van der Waals surface area contributed by atoms with E-state index >= 15 is 0 Å². The average molecular weight is 698 g/mol. The van der Waals surface area contributed by atoms with Crippen molar-refractivity contribution in [3.63, 3.8) is 0 Å². The Balaban J connectivity index is 1.27. The predicted molar refractivity (Wildman–Crippen MR) is 226 cm³/mol. The fourth-order valence-electron chi connectivity index (χ4n) is 5.82. The monoisotopic (exact) mass is 697 g/mol. The number of hydrogen-bond acceptors (Lipinski definition) is 1. The summed E-state index contributed by atoms with van der Waals surface area (Å²) in [7, 11) is 0. The van der Waals surface area contributed by atoms with Gasteiger partial charge in [-0.05, 0) is 115 Å². The molecule has 0 amide bonds. The molecule has 0 heterocycles. The Morgan fingerprint density at radius 2 is 0.679 bits per heavy atom. The lowest BCUT2D eigenvalue weighted by molar-refractivity contribution is 1.28. The second-order valence-corrected chi connectivity index (χ2v) is 11.7. The highest BCUT2D eigenvalue weighted by Crippen LogP contribution is 2.38. The van der Waals surface area contributed by atoms with Gasteiger partial charge in [0.25, 0.3) is 0 Å². The van der Waals surface area contributed by atoms with E-state index in [4.69, 9.17) is 19.2 Å². The minimum atomic E-state index is -0.944. The summed E-state index contributed by atoms with van der Waals surface area (Å²) in [6.45, 7) is 0. The van der Waals surface area contributed by atoms with E-state index in [9.17, 15) is 11.0 Å². The summed E-state index contributed by atoms with van der Waals surface area (Å²) in [6.07, 6.45) is 0. The second kappa shape index (κ2) is 14.3. The quantitative estimate of drug-likeness (QED) is 0.153. The van der Waals surface area contributed by atoms with Gasteiger partial charge in [0, 0.05) is 17.1 Å². The molecular formula is C52H37N. The molecule has 9 aromatic carbocycles. The first kappa shape index (κ1) is 16.2. The maximum absolute atomic E-state index is 9.50. The average Bonchev–Trinajstić information content (AvgIpc) is 3.41. The summed E-state index contributed by atoms with van der Waals surface area (Å²) in [5, 5.41) is 2.10. The third kappa shape index (κ3) is 6.77. The molecular weight excluding hydrogens is 639 g/mol. The van der Waals surface area contributed by atoms with E-state index in [1.54, 1.807) is 12.1 Å². The molecule has 0 bridgehead atoms. The van der Waals surface area contributed by atoms with Crippen LogP contribution in [0.3, 0.4) is 0 Å². The van der Waals surface area contributed by atoms with Crippen LogP contribution in [0.25, 0.3) is 66.4 Å². The van der Waals surface area contributed by atoms with Gasteiger partial charge in [-0.1, -0.05) is 175 Å². The van der Waals surface area contributed by atoms with E-state index in [0.29, 0.717) is 5.56 Å². The Bertz CT molecular complexity index is 3780. The predicted octanol–water partition coefficient (Wildman–Crippen LogP) is 14.6. The Labute approximate surface area is 342 Å². The number of hydrogen-bond donors (Lipinski definition) is 0. The van der Waals surface area contributed by atoms with Crippen molar-refractivity contribution in [3.8, 4) is 55.6 Å². The zero-order chi connectivity index (χ0) is 54.5. The molecule has 0 aliphatic carbocycles. The van der Waals surface area contributed by atoms with E-state index in [-0.39, 0.29) is 5.69 Å². The molecule has 0 spiro atoms. The van der Waals surface area contributed by atoms with Gasteiger partial charge >= 0.3 is 0 Å². The van der Waals surface area contributed by atoms with Crippen LogP contribution in [0.2, 0.25) is 0 Å². The van der Waals surface area contributed by atoms with Crippen molar-refractivity contribution in [2.45, 2.75) is 0 Å². The van der Waals surface area contributed by atoms with Crippen LogP contribution in [0.1, 0.15) is 30.2 Å². The number of benzene rings is 9. The lowest BCUT2D eigenvalue weighted by Crippen LogP contribution is -2.09. The minimum absolute atomic E-state index is 0.0263. The van der Waals surface area contributed by atoms with Crippen molar-refractivity contribution in [3.05, 3.63) is 224 Å². The Kier molecular flexibility index (Phi) is 4.37. The molecule has 0 atom stereocenters. The molecule has 0 aromatic heterocycles. The molecule has 0 saturated heterocycles. The first-order valence-electron chi connectivity index (χ1n) is 27.4. The molecule has 0 N–H and O–H groups in total. The first-order valence-corrected chi connectivity index (χ1v) is 16.4. The topological polar surface area (TPSA) is 3.24 Å². The molecule has 250 valence electrons. The normalized spacial score (nSPS) is 16.8. The number of nitrogens with zero attached hydrogens (tertiary/aromatic N) is 1. The summed E-state index contributed by atoms with van der Waals surface area (Å²) < 4.78 is 194. The van der Waals surface area contributed by atoms with Gasteiger partial charge in [0.1, 0.15) is 0 Å².